The molecule has 0 radical (unpaired) electrons. The lowest BCUT2D eigenvalue weighted by molar-refractivity contribution is 0.0993. The van der Waals surface area contributed by atoms with E-state index in [1.807, 2.05) is 25.1 Å². The Balaban J connectivity index is 1.54. The summed E-state index contributed by atoms with van der Waals surface area (Å²) in [5.74, 6) is 1.91. The Labute approximate surface area is 147 Å². The van der Waals surface area contributed by atoms with Gasteiger partial charge in [0.15, 0.2) is 10.9 Å². The van der Waals surface area contributed by atoms with Gasteiger partial charge in [0.1, 0.15) is 5.82 Å². The van der Waals surface area contributed by atoms with Gasteiger partial charge >= 0.3 is 0 Å². The molecular weight excluding hydrogens is 318 g/mol. The van der Waals surface area contributed by atoms with Crippen molar-refractivity contribution < 1.29 is 4.79 Å². The van der Waals surface area contributed by atoms with E-state index >= 15 is 0 Å². The molecule has 1 aromatic heterocycles. The van der Waals surface area contributed by atoms with Gasteiger partial charge in [-0.15, -0.1) is 10.2 Å². The molecule has 2 aliphatic carbocycles. The zero-order chi connectivity index (χ0) is 16.8. The molecule has 0 spiro atoms. The predicted octanol–water partition coefficient (Wildman–Crippen LogP) is 4.47. The van der Waals surface area contributed by atoms with Crippen LogP contribution in [0.5, 0.6) is 0 Å². The fraction of sp³-hybridized carbons (Fsp3) is 0.526. The number of aryl methyl sites for hydroxylation is 2. The lowest BCUT2D eigenvalue weighted by Gasteiger charge is -2.13. The molecule has 126 valence electrons. The minimum atomic E-state index is -0.152. The molecule has 2 aliphatic rings. The molecule has 0 N–H and O–H groups in total. The van der Waals surface area contributed by atoms with E-state index in [9.17, 15) is 4.79 Å². The minimum absolute atomic E-state index is 0.152. The largest absolute Gasteiger partial charge is 0.303 e. The van der Waals surface area contributed by atoms with E-state index in [1.54, 1.807) is 11.8 Å². The number of nitrogens with zero attached hydrogens (tertiary/aromatic N) is 3. The van der Waals surface area contributed by atoms with Crippen LogP contribution in [0.3, 0.4) is 0 Å². The third-order valence-electron chi connectivity index (χ3n) is 4.99. The Kier molecular flexibility index (Phi) is 3.99. The van der Waals surface area contributed by atoms with Crippen molar-refractivity contribution >= 4 is 17.5 Å². The highest BCUT2D eigenvalue weighted by molar-refractivity contribution is 8.00. The molecule has 1 aromatic carbocycles. The summed E-state index contributed by atoms with van der Waals surface area (Å²) >= 11 is 1.56. The Morgan fingerprint density at radius 1 is 1.17 bits per heavy atom. The highest BCUT2D eigenvalue weighted by Crippen LogP contribution is 2.46. The van der Waals surface area contributed by atoms with Gasteiger partial charge in [-0.25, -0.2) is 0 Å². The van der Waals surface area contributed by atoms with Crippen LogP contribution in [-0.2, 0) is 0 Å². The summed E-state index contributed by atoms with van der Waals surface area (Å²) in [7, 11) is 0. The first-order valence-electron chi connectivity index (χ1n) is 8.77. The molecule has 4 nitrogen and oxygen atoms in total. The first-order valence-corrected chi connectivity index (χ1v) is 9.65. The molecule has 0 amide bonds. The van der Waals surface area contributed by atoms with Gasteiger partial charge in [-0.2, -0.15) is 0 Å². The van der Waals surface area contributed by atoms with E-state index in [1.165, 1.54) is 31.2 Å². The zero-order valence-electron chi connectivity index (χ0n) is 14.5. The van der Waals surface area contributed by atoms with Gasteiger partial charge in [0.05, 0.1) is 5.25 Å². The molecule has 4 rings (SSSR count). The number of ketones is 1. The van der Waals surface area contributed by atoms with E-state index in [0.717, 1.165) is 22.1 Å². The number of aromatic nitrogens is 3. The highest BCUT2D eigenvalue weighted by Gasteiger charge is 2.37. The molecule has 2 saturated carbocycles. The Hall–Kier alpha value is -1.62. The Morgan fingerprint density at radius 3 is 2.54 bits per heavy atom. The number of carbonyl (C=O) groups excluding carboxylic acids is 1. The zero-order valence-corrected chi connectivity index (χ0v) is 15.3. The second-order valence-electron chi connectivity index (χ2n) is 7.14. The summed E-state index contributed by atoms with van der Waals surface area (Å²) in [6, 6.07) is 6.51. The molecule has 0 unspecified atom stereocenters. The molecule has 2 fully saturated rings. The quantitative estimate of drug-likeness (QED) is 0.574. The van der Waals surface area contributed by atoms with Crippen molar-refractivity contribution in [3.05, 3.63) is 40.7 Å². The first kappa shape index (κ1) is 15.9. The van der Waals surface area contributed by atoms with Crippen LogP contribution in [0.25, 0.3) is 0 Å². The summed E-state index contributed by atoms with van der Waals surface area (Å²) in [6.07, 6.45) is 4.88. The number of rotatable bonds is 6. The maximum absolute atomic E-state index is 12.8. The molecule has 0 bridgehead atoms. The van der Waals surface area contributed by atoms with Gasteiger partial charge in [0.25, 0.3) is 0 Å². The monoisotopic (exact) mass is 341 g/mol. The van der Waals surface area contributed by atoms with E-state index < -0.39 is 0 Å². The fourth-order valence-electron chi connectivity index (χ4n) is 3.01. The number of carbonyl (C=O) groups is 1. The maximum atomic E-state index is 12.8. The molecule has 1 atom stereocenters. The summed E-state index contributed by atoms with van der Waals surface area (Å²) in [5.41, 5.74) is 3.17. The van der Waals surface area contributed by atoms with Crippen LogP contribution < -0.4 is 0 Å². The smallest absolute Gasteiger partial charge is 0.192 e. The van der Waals surface area contributed by atoms with Crippen LogP contribution in [0, 0.1) is 13.8 Å². The van der Waals surface area contributed by atoms with Crippen molar-refractivity contribution in [3.8, 4) is 0 Å². The van der Waals surface area contributed by atoms with Crippen molar-refractivity contribution in [1.29, 1.82) is 0 Å². The van der Waals surface area contributed by atoms with Crippen LogP contribution in [0.2, 0.25) is 0 Å². The van der Waals surface area contributed by atoms with Gasteiger partial charge in [-0.1, -0.05) is 23.9 Å². The topological polar surface area (TPSA) is 47.8 Å². The van der Waals surface area contributed by atoms with Crippen molar-refractivity contribution in [3.63, 3.8) is 0 Å². The van der Waals surface area contributed by atoms with E-state index in [0.29, 0.717) is 12.0 Å². The number of benzene rings is 1. The van der Waals surface area contributed by atoms with Crippen LogP contribution in [-0.4, -0.2) is 25.8 Å². The van der Waals surface area contributed by atoms with E-state index in [4.69, 9.17) is 0 Å². The standard InChI is InChI=1S/C19H23N3OS/c1-11-4-5-15(10-12(11)2)17(23)13(3)24-19-21-20-18(14-6-7-14)22(19)16-8-9-16/h4-5,10,13-14,16H,6-9H2,1-3H3/t13-/m0/s1. The van der Waals surface area contributed by atoms with Crippen LogP contribution in [0.15, 0.2) is 23.4 Å². The third-order valence-corrected chi connectivity index (χ3v) is 6.05. The molecule has 2 aromatic rings. The van der Waals surface area contributed by atoms with Crippen molar-refractivity contribution in [2.45, 2.75) is 68.8 Å². The van der Waals surface area contributed by atoms with Crippen molar-refractivity contribution in [2.24, 2.45) is 0 Å². The van der Waals surface area contributed by atoms with Gasteiger partial charge in [0.2, 0.25) is 0 Å². The second-order valence-corrected chi connectivity index (χ2v) is 8.45. The van der Waals surface area contributed by atoms with E-state index in [2.05, 4.69) is 28.6 Å². The van der Waals surface area contributed by atoms with Gasteiger partial charge in [0, 0.05) is 17.5 Å². The van der Waals surface area contributed by atoms with Gasteiger partial charge in [-0.05, 0) is 63.6 Å². The summed E-state index contributed by atoms with van der Waals surface area (Å²) in [6.45, 7) is 6.10. The predicted molar refractivity (Wildman–Crippen MR) is 95.8 cm³/mol. The number of thioether (sulfide) groups is 1. The molecular formula is C19H23N3OS. The average molecular weight is 341 g/mol. The SMILES string of the molecule is Cc1ccc(C(=O)[C@H](C)Sc2nnc(C3CC3)n2C2CC2)cc1C. The molecule has 1 heterocycles. The summed E-state index contributed by atoms with van der Waals surface area (Å²) in [5, 5.41) is 9.61. The summed E-state index contributed by atoms with van der Waals surface area (Å²) in [4.78, 5) is 12.8. The van der Waals surface area contributed by atoms with Gasteiger partial charge in [-0.3, -0.25) is 4.79 Å². The van der Waals surface area contributed by atoms with E-state index in [-0.39, 0.29) is 11.0 Å². The minimum Gasteiger partial charge on any atom is -0.303 e. The number of Topliss-reactive ketones (excluding diaryl/α,β-unsaturated/α-hetero) is 1. The molecule has 24 heavy (non-hydrogen) atoms. The lowest BCUT2D eigenvalue weighted by Crippen LogP contribution is -2.15. The highest BCUT2D eigenvalue weighted by atomic mass is 32.2. The van der Waals surface area contributed by atoms with Crippen LogP contribution >= 0.6 is 11.8 Å². The third kappa shape index (κ3) is 3.02. The van der Waals surface area contributed by atoms with Gasteiger partial charge < -0.3 is 4.57 Å². The maximum Gasteiger partial charge on any atom is 0.192 e. The lowest BCUT2D eigenvalue weighted by atomic mass is 10.0. The Bertz CT molecular complexity index is 790. The number of hydrogen-bond acceptors (Lipinski definition) is 4. The fourth-order valence-corrected chi connectivity index (χ4v) is 4.01. The average Bonchev–Trinajstić information content (AvgIpc) is 3.48. The van der Waals surface area contributed by atoms with Crippen LogP contribution in [0.1, 0.15) is 71.9 Å². The molecule has 0 saturated heterocycles. The molecule has 0 aliphatic heterocycles. The first-order chi connectivity index (χ1) is 11.5. The van der Waals surface area contributed by atoms with Crippen molar-refractivity contribution in [1.82, 2.24) is 14.8 Å². The van der Waals surface area contributed by atoms with Crippen LogP contribution in [0.4, 0.5) is 0 Å². The van der Waals surface area contributed by atoms with Crippen molar-refractivity contribution in [2.75, 3.05) is 0 Å². The second kappa shape index (κ2) is 6.03. The number of hydrogen-bond donors (Lipinski definition) is 0. The molecule has 5 heteroatoms. The normalized spacial score (nSPS) is 18.6. The summed E-state index contributed by atoms with van der Waals surface area (Å²) < 4.78 is 2.31. The Morgan fingerprint density at radius 2 is 1.92 bits per heavy atom.